The smallest absolute Gasteiger partial charge is 0.309 e. The Bertz CT molecular complexity index is 1820. The summed E-state index contributed by atoms with van der Waals surface area (Å²) >= 11 is 5.10. The summed E-state index contributed by atoms with van der Waals surface area (Å²) in [6.07, 6.45) is 17.1. The molecular formula is C58H103ClN4O4. The van der Waals surface area contributed by atoms with Gasteiger partial charge in [0.05, 0.1) is 16.3 Å². The van der Waals surface area contributed by atoms with Crippen molar-refractivity contribution < 1.29 is 19.4 Å². The van der Waals surface area contributed by atoms with E-state index < -0.39 is 11.4 Å². The molecule has 0 aromatic rings. The number of carboxylic acid groups (broad SMARTS) is 1. The van der Waals surface area contributed by atoms with Gasteiger partial charge >= 0.3 is 5.97 Å². The van der Waals surface area contributed by atoms with Crippen molar-refractivity contribution in [3.63, 3.8) is 0 Å². The van der Waals surface area contributed by atoms with E-state index in [1.807, 2.05) is 75.4 Å². The Balaban J connectivity index is 0.00000186. The molecule has 0 bridgehead atoms. The summed E-state index contributed by atoms with van der Waals surface area (Å²) in [6.45, 7) is 46.9. The van der Waals surface area contributed by atoms with Gasteiger partial charge in [-0.1, -0.05) is 131 Å². The van der Waals surface area contributed by atoms with Crippen LogP contribution in [0.3, 0.4) is 0 Å². The van der Waals surface area contributed by atoms with Gasteiger partial charge in [-0.25, -0.2) is 4.99 Å². The van der Waals surface area contributed by atoms with E-state index in [1.54, 1.807) is 44.2 Å². The van der Waals surface area contributed by atoms with Gasteiger partial charge < -0.3 is 25.8 Å². The lowest BCUT2D eigenvalue weighted by atomic mass is 9.33. The molecule has 5 rings (SSSR count). The number of carboxylic acids is 1. The van der Waals surface area contributed by atoms with Gasteiger partial charge in [0.1, 0.15) is 6.10 Å². The van der Waals surface area contributed by atoms with Crippen LogP contribution in [0, 0.1) is 56.2 Å². The molecule has 0 saturated heterocycles. The van der Waals surface area contributed by atoms with Crippen LogP contribution >= 0.6 is 11.6 Å². The second kappa shape index (κ2) is 25.9. The number of rotatable bonds is 13. The number of aliphatic carboxylic acids is 1. The van der Waals surface area contributed by atoms with Crippen LogP contribution < -0.4 is 11.1 Å². The first-order chi connectivity index (χ1) is 31.2. The fourth-order valence-corrected chi connectivity index (χ4v) is 13.9. The van der Waals surface area contributed by atoms with Crippen molar-refractivity contribution in [2.24, 2.45) is 66.9 Å². The highest BCUT2D eigenvalue weighted by molar-refractivity contribution is 6.28. The van der Waals surface area contributed by atoms with Gasteiger partial charge in [-0.3, -0.25) is 9.59 Å². The van der Waals surface area contributed by atoms with Gasteiger partial charge in [-0.15, -0.1) is 0 Å². The van der Waals surface area contributed by atoms with E-state index in [0.29, 0.717) is 41.0 Å². The van der Waals surface area contributed by atoms with E-state index in [1.165, 1.54) is 37.8 Å². The molecule has 0 heterocycles. The van der Waals surface area contributed by atoms with Crippen molar-refractivity contribution in [2.75, 3.05) is 27.2 Å². The number of amides is 1. The minimum atomic E-state index is -0.904. The monoisotopic (exact) mass is 955 g/mol. The summed E-state index contributed by atoms with van der Waals surface area (Å²) in [5.74, 6) is 1.75. The molecule has 9 heteroatoms. The van der Waals surface area contributed by atoms with Crippen LogP contribution in [0.1, 0.15) is 202 Å². The van der Waals surface area contributed by atoms with Gasteiger partial charge in [0.2, 0.25) is 0 Å². The fraction of sp³-hybridized carbons (Fsp3) is 0.776. The molecule has 0 aliphatic heterocycles. The lowest BCUT2D eigenvalue weighted by Gasteiger charge is -2.72. The quantitative estimate of drug-likeness (QED) is 0.0553. The zero-order chi connectivity index (χ0) is 52.1. The molecule has 4 N–H and O–H groups in total. The molecule has 8 atom stereocenters. The number of hydrogen-bond donors (Lipinski definition) is 3. The molecule has 0 aromatic heterocycles. The molecule has 386 valence electrons. The summed E-state index contributed by atoms with van der Waals surface area (Å²) < 4.78 is 6.67. The van der Waals surface area contributed by atoms with Crippen LogP contribution in [-0.4, -0.2) is 61.4 Å². The first kappa shape index (κ1) is 62.2. The van der Waals surface area contributed by atoms with Crippen LogP contribution in [0.5, 0.6) is 0 Å². The predicted octanol–water partition coefficient (Wildman–Crippen LogP) is 15.3. The second-order valence-corrected chi connectivity index (χ2v) is 22.4. The molecule has 0 aromatic carbocycles. The molecule has 0 spiro atoms. The van der Waals surface area contributed by atoms with Gasteiger partial charge in [0, 0.05) is 54.9 Å². The van der Waals surface area contributed by atoms with Crippen molar-refractivity contribution in [1.29, 1.82) is 0 Å². The SMILES string of the molecule is C/C=C(\N)Cl.C=C(CC(C)(C)C(=O)O)OC1CCC2(C)C(CCC3(C)C2CCC2C4=C(C(C)C)CCC4(/C(=C(\C)C(=O)N=C/C(C)=C\C)N(C)CCNC)CC[C@]23C)C1(C)C.CC.CC.CC. The maximum Gasteiger partial charge on any atom is 0.309 e. The Morgan fingerprint density at radius 1 is 0.925 bits per heavy atom. The maximum absolute atomic E-state index is 14.0. The molecule has 7 unspecified atom stereocenters. The number of halogens is 1. The highest BCUT2D eigenvalue weighted by Gasteiger charge is 2.70. The molecular weight excluding hydrogens is 852 g/mol. The Morgan fingerprint density at radius 3 is 2.01 bits per heavy atom. The number of carbonyl (C=O) groups excluding carboxylic acids is 1. The minimum Gasteiger partial charge on any atom is -0.495 e. The van der Waals surface area contributed by atoms with Crippen molar-refractivity contribution in [1.82, 2.24) is 10.2 Å². The zero-order valence-corrected chi connectivity index (χ0v) is 47.8. The van der Waals surface area contributed by atoms with Gasteiger partial charge in [-0.2, -0.15) is 0 Å². The minimum absolute atomic E-state index is 0.0313. The molecule has 67 heavy (non-hydrogen) atoms. The number of likely N-dealkylation sites (N-methyl/N-ethyl adjacent to an activating group) is 2. The Kier molecular flexibility index (Phi) is 24.0. The van der Waals surface area contributed by atoms with E-state index in [4.69, 9.17) is 22.1 Å². The number of nitrogens with zero attached hydrogens (tertiary/aromatic N) is 2. The molecule has 0 radical (unpaired) electrons. The molecule has 4 fully saturated rings. The summed E-state index contributed by atoms with van der Waals surface area (Å²) in [5, 5.41) is 13.5. The van der Waals surface area contributed by atoms with Crippen LogP contribution in [0.4, 0.5) is 0 Å². The van der Waals surface area contributed by atoms with Crippen molar-refractivity contribution in [3.05, 3.63) is 57.6 Å². The number of carbonyl (C=O) groups is 2. The van der Waals surface area contributed by atoms with Crippen LogP contribution in [-0.2, 0) is 14.3 Å². The van der Waals surface area contributed by atoms with Crippen LogP contribution in [0.25, 0.3) is 0 Å². The number of hydrogen-bond acceptors (Lipinski definition) is 6. The van der Waals surface area contributed by atoms with Gasteiger partial charge in [0.15, 0.2) is 0 Å². The van der Waals surface area contributed by atoms with E-state index >= 15 is 0 Å². The summed E-state index contributed by atoms with van der Waals surface area (Å²) in [4.78, 5) is 32.9. The van der Waals surface area contributed by atoms with E-state index in [9.17, 15) is 14.7 Å². The Labute approximate surface area is 417 Å². The van der Waals surface area contributed by atoms with Crippen molar-refractivity contribution in [3.8, 4) is 0 Å². The highest BCUT2D eigenvalue weighted by Crippen LogP contribution is 2.77. The molecule has 5 aliphatic carbocycles. The molecule has 8 nitrogen and oxygen atoms in total. The normalized spacial score (nSPS) is 31.3. The summed E-state index contributed by atoms with van der Waals surface area (Å²) in [7, 11) is 4.22. The maximum atomic E-state index is 14.0. The van der Waals surface area contributed by atoms with Gasteiger partial charge in [-0.05, 0) is 158 Å². The number of allylic oxidation sites excluding steroid dienone is 6. The molecule has 4 saturated carbocycles. The average Bonchev–Trinajstić information content (AvgIpc) is 3.68. The predicted molar refractivity (Wildman–Crippen MR) is 289 cm³/mol. The topological polar surface area (TPSA) is 117 Å². The second-order valence-electron chi connectivity index (χ2n) is 21.9. The highest BCUT2D eigenvalue weighted by atomic mass is 35.5. The summed E-state index contributed by atoms with van der Waals surface area (Å²) in [6, 6.07) is 0. The van der Waals surface area contributed by atoms with Crippen molar-refractivity contribution in [2.45, 2.75) is 208 Å². The number of fused-ring (bicyclic) bond motifs is 7. The fourth-order valence-electron chi connectivity index (χ4n) is 13.9. The summed E-state index contributed by atoms with van der Waals surface area (Å²) in [5.41, 5.74) is 10.7. The number of aliphatic imine (C=N–C) groups is 1. The first-order valence-electron chi connectivity index (χ1n) is 26.4. The lowest BCUT2D eigenvalue weighted by molar-refractivity contribution is -0.230. The average molecular weight is 956 g/mol. The van der Waals surface area contributed by atoms with Crippen LogP contribution in [0.15, 0.2) is 62.6 Å². The standard InChI is InChI=1S/C49H79N3O4.C3H6ClN.3C2H6/c1-16-32(4)30-51-42(53)34(6)41(52(15)28-27-50-14)49-24-19-35(31(2)3)40(49)36-17-18-38-46(11)22-21-39(56-33(5)29-44(7,8)43(54)55)45(9,10)37(46)20-23-48(38,13)47(36,12)25-26-49;1-2-3(4)5;3*1-2/h16,30-31,36-39,50H,5,17-29H2,1-4,6-15H3,(H,54,55);2H,5H2,1H3;3*1-2H3/b32-16-,41-34-,51-30?;3-2-;;;/t36?,37?,38?,39?,46?,47-,48?,49?;;;;/m1..../s1. The van der Waals surface area contributed by atoms with E-state index in [0.717, 1.165) is 56.3 Å². The number of nitrogens with one attached hydrogen (secondary N) is 1. The number of ether oxygens (including phenoxy) is 1. The number of nitrogens with two attached hydrogens (primary N) is 1. The molecule has 1 amide bonds. The third-order valence-electron chi connectivity index (χ3n) is 17.5. The molecule has 5 aliphatic rings. The Morgan fingerprint density at radius 2 is 1.51 bits per heavy atom. The third-order valence-corrected chi connectivity index (χ3v) is 17.7. The van der Waals surface area contributed by atoms with Gasteiger partial charge in [0.25, 0.3) is 5.91 Å². The van der Waals surface area contributed by atoms with E-state index in [-0.39, 0.29) is 39.1 Å². The lowest BCUT2D eigenvalue weighted by Crippen LogP contribution is -2.66. The van der Waals surface area contributed by atoms with E-state index in [2.05, 4.69) is 77.3 Å². The first-order valence-corrected chi connectivity index (χ1v) is 26.8. The zero-order valence-electron chi connectivity index (χ0n) is 47.0. The third kappa shape index (κ3) is 12.7. The van der Waals surface area contributed by atoms with Crippen LogP contribution in [0.2, 0.25) is 0 Å². The Hall–Kier alpha value is -2.84. The van der Waals surface area contributed by atoms with Crippen molar-refractivity contribution >= 4 is 29.7 Å². The largest absolute Gasteiger partial charge is 0.495 e.